The molecule has 20 heavy (non-hydrogen) atoms. The van der Waals surface area contributed by atoms with Crippen molar-refractivity contribution in [3.63, 3.8) is 0 Å². The molecule has 4 rings (SSSR count). The summed E-state index contributed by atoms with van der Waals surface area (Å²) in [6, 6.07) is 8.42. The second kappa shape index (κ2) is 4.11. The van der Waals surface area contributed by atoms with E-state index in [1.54, 1.807) is 0 Å². The number of fused-ring (bicyclic) bond motifs is 2. The third-order valence-electron chi connectivity index (χ3n) is 3.54. The third-order valence-corrected chi connectivity index (χ3v) is 3.54. The van der Waals surface area contributed by atoms with E-state index in [2.05, 4.69) is 9.97 Å². The number of hydrogen-bond donors (Lipinski definition) is 1. The largest absolute Gasteiger partial charge is 0.372 e. The second-order valence-electron chi connectivity index (χ2n) is 4.82. The van der Waals surface area contributed by atoms with Gasteiger partial charge in [-0.1, -0.05) is 12.1 Å². The van der Waals surface area contributed by atoms with Gasteiger partial charge in [-0.05, 0) is 29.3 Å². The van der Waals surface area contributed by atoms with Crippen LogP contribution >= 0.6 is 0 Å². The molecule has 1 aromatic heterocycles. The molecule has 0 saturated heterocycles. The lowest BCUT2D eigenvalue weighted by molar-refractivity contribution is 0.134. The minimum absolute atomic E-state index is 0.0248. The molecule has 1 N–H and O–H groups in total. The summed E-state index contributed by atoms with van der Waals surface area (Å²) in [6.07, 6.45) is 0. The normalized spacial score (nSPS) is 13.9. The molecule has 0 bridgehead atoms. The number of H-pyrrole nitrogens is 1. The number of nitrogens with zero attached hydrogens (tertiary/aromatic N) is 1. The van der Waals surface area contributed by atoms with Gasteiger partial charge in [-0.2, -0.15) is 0 Å². The van der Waals surface area contributed by atoms with Gasteiger partial charge in [-0.15, -0.1) is 0 Å². The number of nitrogens with one attached hydrogen (secondary N) is 1. The molecule has 2 aromatic carbocycles. The third kappa shape index (κ3) is 1.63. The maximum atomic E-state index is 13.7. The Kier molecular flexibility index (Phi) is 2.37. The topological polar surface area (TPSA) is 37.9 Å². The number of benzene rings is 2. The average molecular weight is 272 g/mol. The molecule has 1 aliphatic rings. The molecule has 0 saturated carbocycles. The van der Waals surface area contributed by atoms with Crippen molar-refractivity contribution in [2.75, 3.05) is 0 Å². The van der Waals surface area contributed by atoms with Crippen molar-refractivity contribution >= 4 is 11.0 Å². The van der Waals surface area contributed by atoms with Crippen LogP contribution in [0, 0.1) is 11.6 Å². The lowest BCUT2D eigenvalue weighted by Gasteiger charge is -2.00. The average Bonchev–Trinajstić information content (AvgIpc) is 3.08. The van der Waals surface area contributed by atoms with Gasteiger partial charge in [0.05, 0.1) is 18.7 Å². The van der Waals surface area contributed by atoms with E-state index in [0.29, 0.717) is 24.6 Å². The van der Waals surface area contributed by atoms with Crippen molar-refractivity contribution in [3.05, 3.63) is 53.1 Å². The van der Waals surface area contributed by atoms with Gasteiger partial charge in [0.25, 0.3) is 0 Å². The zero-order chi connectivity index (χ0) is 13.7. The predicted molar refractivity (Wildman–Crippen MR) is 69.9 cm³/mol. The number of hydrogen-bond acceptors (Lipinski definition) is 2. The predicted octanol–water partition coefficient (Wildman–Crippen LogP) is 3.54. The highest BCUT2D eigenvalue weighted by molar-refractivity contribution is 5.80. The maximum Gasteiger partial charge on any atom is 0.186 e. The lowest BCUT2D eigenvalue weighted by atomic mass is 10.1. The number of imidazole rings is 1. The minimum Gasteiger partial charge on any atom is -0.372 e. The Morgan fingerprint density at radius 3 is 2.80 bits per heavy atom. The molecule has 0 radical (unpaired) electrons. The van der Waals surface area contributed by atoms with Gasteiger partial charge in [0.2, 0.25) is 0 Å². The molecule has 0 aliphatic carbocycles. The molecule has 1 aliphatic heterocycles. The van der Waals surface area contributed by atoms with E-state index in [1.807, 2.05) is 18.2 Å². The van der Waals surface area contributed by atoms with Crippen LogP contribution in [-0.4, -0.2) is 9.97 Å². The van der Waals surface area contributed by atoms with E-state index in [-0.39, 0.29) is 5.52 Å². The monoisotopic (exact) mass is 272 g/mol. The first kappa shape index (κ1) is 11.5. The number of aromatic nitrogens is 2. The number of aromatic amines is 1. The van der Waals surface area contributed by atoms with Crippen LogP contribution in [0.3, 0.4) is 0 Å². The number of ether oxygens (including phenoxy) is 1. The van der Waals surface area contributed by atoms with E-state index in [1.165, 1.54) is 6.07 Å². The van der Waals surface area contributed by atoms with Gasteiger partial charge < -0.3 is 9.72 Å². The number of halogens is 2. The fourth-order valence-electron chi connectivity index (χ4n) is 2.47. The van der Waals surface area contributed by atoms with E-state index >= 15 is 0 Å². The van der Waals surface area contributed by atoms with E-state index in [0.717, 1.165) is 22.8 Å². The highest BCUT2D eigenvalue weighted by Gasteiger charge is 2.15. The highest BCUT2D eigenvalue weighted by Crippen LogP contribution is 2.27. The van der Waals surface area contributed by atoms with Crippen molar-refractivity contribution in [1.82, 2.24) is 9.97 Å². The fourth-order valence-corrected chi connectivity index (χ4v) is 2.47. The molecular weight excluding hydrogens is 262 g/mol. The molecule has 0 fully saturated rings. The Morgan fingerprint density at radius 2 is 1.90 bits per heavy atom. The van der Waals surface area contributed by atoms with Crippen molar-refractivity contribution < 1.29 is 13.5 Å². The summed E-state index contributed by atoms with van der Waals surface area (Å²) in [6.45, 7) is 1.20. The van der Waals surface area contributed by atoms with Crippen LogP contribution in [0.25, 0.3) is 22.4 Å². The van der Waals surface area contributed by atoms with E-state index in [4.69, 9.17) is 4.74 Å². The molecule has 0 atom stereocenters. The van der Waals surface area contributed by atoms with Crippen LogP contribution in [-0.2, 0) is 18.0 Å². The van der Waals surface area contributed by atoms with Crippen molar-refractivity contribution in [2.24, 2.45) is 0 Å². The Balaban J connectivity index is 1.88. The van der Waals surface area contributed by atoms with Gasteiger partial charge in [0.15, 0.2) is 11.6 Å². The molecular formula is C15H10F2N2O. The molecule has 3 nitrogen and oxygen atoms in total. The number of rotatable bonds is 1. The van der Waals surface area contributed by atoms with Gasteiger partial charge in [0, 0.05) is 5.56 Å². The Labute approximate surface area is 113 Å². The van der Waals surface area contributed by atoms with Crippen LogP contribution in [0.1, 0.15) is 11.1 Å². The molecule has 0 unspecified atom stereocenters. The van der Waals surface area contributed by atoms with Crippen LogP contribution in [0.15, 0.2) is 30.3 Å². The Morgan fingerprint density at radius 1 is 1.05 bits per heavy atom. The van der Waals surface area contributed by atoms with Gasteiger partial charge in [-0.3, -0.25) is 0 Å². The van der Waals surface area contributed by atoms with Crippen LogP contribution in [0.4, 0.5) is 8.78 Å². The Bertz CT molecular complexity index is 826. The first-order valence-corrected chi connectivity index (χ1v) is 6.26. The van der Waals surface area contributed by atoms with E-state index in [9.17, 15) is 8.78 Å². The second-order valence-corrected chi connectivity index (χ2v) is 4.82. The molecule has 2 heterocycles. The summed E-state index contributed by atoms with van der Waals surface area (Å²) in [7, 11) is 0. The summed E-state index contributed by atoms with van der Waals surface area (Å²) in [5, 5.41) is 0. The summed E-state index contributed by atoms with van der Waals surface area (Å²) in [5.74, 6) is -1.29. The molecule has 0 spiro atoms. The summed E-state index contributed by atoms with van der Waals surface area (Å²) in [4.78, 5) is 7.17. The summed E-state index contributed by atoms with van der Waals surface area (Å²) < 4.78 is 32.2. The molecule has 5 heteroatoms. The van der Waals surface area contributed by atoms with Crippen molar-refractivity contribution in [2.45, 2.75) is 13.2 Å². The van der Waals surface area contributed by atoms with Crippen LogP contribution in [0.2, 0.25) is 0 Å². The van der Waals surface area contributed by atoms with Crippen molar-refractivity contribution in [1.29, 1.82) is 0 Å². The smallest absolute Gasteiger partial charge is 0.186 e. The molecule has 100 valence electrons. The maximum absolute atomic E-state index is 13.7. The van der Waals surface area contributed by atoms with Crippen LogP contribution < -0.4 is 0 Å². The SMILES string of the molecule is Fc1ccc2[nH]c(-c3ccc4c(c3)COC4)nc2c1F. The summed E-state index contributed by atoms with van der Waals surface area (Å²) in [5.41, 5.74) is 3.61. The first-order chi connectivity index (χ1) is 9.72. The standard InChI is InChI=1S/C15H10F2N2O/c16-11-3-4-12-14(13(11)17)19-15(18-12)8-1-2-9-6-20-7-10(9)5-8/h1-5H,6-7H2,(H,18,19). The van der Waals surface area contributed by atoms with Gasteiger partial charge >= 0.3 is 0 Å². The van der Waals surface area contributed by atoms with Gasteiger partial charge in [-0.25, -0.2) is 13.8 Å². The zero-order valence-corrected chi connectivity index (χ0v) is 10.4. The molecule has 0 amide bonds. The quantitative estimate of drug-likeness (QED) is 0.735. The van der Waals surface area contributed by atoms with Crippen LogP contribution in [0.5, 0.6) is 0 Å². The fraction of sp³-hybridized carbons (Fsp3) is 0.133. The highest BCUT2D eigenvalue weighted by atomic mass is 19.2. The van der Waals surface area contributed by atoms with E-state index < -0.39 is 11.6 Å². The van der Waals surface area contributed by atoms with Crippen molar-refractivity contribution in [3.8, 4) is 11.4 Å². The minimum atomic E-state index is -0.922. The zero-order valence-electron chi connectivity index (χ0n) is 10.4. The molecule has 3 aromatic rings. The lowest BCUT2D eigenvalue weighted by Crippen LogP contribution is -1.86. The Hall–Kier alpha value is -2.27. The summed E-state index contributed by atoms with van der Waals surface area (Å²) >= 11 is 0. The first-order valence-electron chi connectivity index (χ1n) is 6.26. The van der Waals surface area contributed by atoms with Gasteiger partial charge in [0.1, 0.15) is 11.3 Å².